The van der Waals surface area contributed by atoms with Gasteiger partial charge in [-0.3, -0.25) is 4.90 Å². The number of hydrogen-bond donors (Lipinski definition) is 0. The molecule has 1 atom stereocenters. The third kappa shape index (κ3) is 3.20. The van der Waals surface area contributed by atoms with E-state index in [1.165, 1.54) is 16.7 Å². The third-order valence-corrected chi connectivity index (χ3v) is 3.51. The lowest BCUT2D eigenvalue weighted by Crippen LogP contribution is -2.23. The van der Waals surface area contributed by atoms with Crippen molar-refractivity contribution in [2.75, 3.05) is 7.05 Å². The van der Waals surface area contributed by atoms with Gasteiger partial charge in [0.1, 0.15) is 0 Å². The van der Waals surface area contributed by atoms with Crippen molar-refractivity contribution in [2.24, 2.45) is 0 Å². The highest BCUT2D eigenvalue weighted by Gasteiger charge is 2.16. The molecule has 1 heterocycles. The van der Waals surface area contributed by atoms with Crippen molar-refractivity contribution < 1.29 is 4.52 Å². The van der Waals surface area contributed by atoms with Crippen LogP contribution in [0.15, 0.2) is 22.7 Å². The van der Waals surface area contributed by atoms with Gasteiger partial charge in [0.05, 0.1) is 6.54 Å². The Morgan fingerprint density at radius 1 is 1.26 bits per heavy atom. The van der Waals surface area contributed by atoms with Crippen LogP contribution in [-0.2, 0) is 6.54 Å². The van der Waals surface area contributed by atoms with Crippen LogP contribution >= 0.6 is 0 Å². The molecule has 0 aliphatic carbocycles. The van der Waals surface area contributed by atoms with Crippen LogP contribution in [0, 0.1) is 20.8 Å². The Morgan fingerprint density at radius 3 is 2.63 bits per heavy atom. The minimum atomic E-state index is 0.318. The number of aryl methyl sites for hydroxylation is 3. The summed E-state index contributed by atoms with van der Waals surface area (Å²) in [5.41, 5.74) is 3.95. The summed E-state index contributed by atoms with van der Waals surface area (Å²) in [4.78, 5) is 6.48. The van der Waals surface area contributed by atoms with Crippen LogP contribution in [-0.4, -0.2) is 22.1 Å². The maximum Gasteiger partial charge on any atom is 0.223 e. The maximum absolute atomic E-state index is 5.01. The molecule has 0 amide bonds. The van der Waals surface area contributed by atoms with E-state index in [0.29, 0.717) is 18.5 Å². The van der Waals surface area contributed by atoms with Crippen molar-refractivity contribution in [3.05, 3.63) is 46.6 Å². The molecule has 102 valence electrons. The third-order valence-electron chi connectivity index (χ3n) is 3.51. The fraction of sp³-hybridized carbons (Fsp3) is 0.467. The van der Waals surface area contributed by atoms with Crippen molar-refractivity contribution in [3.8, 4) is 0 Å². The molecule has 0 aliphatic rings. The molecule has 0 fully saturated rings. The van der Waals surface area contributed by atoms with Gasteiger partial charge in [-0.15, -0.1) is 0 Å². The van der Waals surface area contributed by atoms with Crippen LogP contribution in [0.3, 0.4) is 0 Å². The lowest BCUT2D eigenvalue weighted by Gasteiger charge is -2.25. The highest BCUT2D eigenvalue weighted by Crippen LogP contribution is 2.24. The number of benzene rings is 1. The Labute approximate surface area is 114 Å². The Kier molecular flexibility index (Phi) is 4.00. The van der Waals surface area contributed by atoms with Gasteiger partial charge >= 0.3 is 0 Å². The minimum Gasteiger partial charge on any atom is -0.340 e. The molecular formula is C15H21N3O. The number of rotatable bonds is 4. The molecule has 1 aromatic carbocycles. The van der Waals surface area contributed by atoms with E-state index >= 15 is 0 Å². The van der Waals surface area contributed by atoms with E-state index in [2.05, 4.69) is 61.1 Å². The van der Waals surface area contributed by atoms with Gasteiger partial charge in [-0.1, -0.05) is 28.9 Å². The van der Waals surface area contributed by atoms with Gasteiger partial charge in [0, 0.05) is 13.0 Å². The van der Waals surface area contributed by atoms with E-state index in [-0.39, 0.29) is 0 Å². The Bertz CT molecular complexity index is 562. The molecule has 2 aromatic rings. The van der Waals surface area contributed by atoms with E-state index in [1.54, 1.807) is 0 Å². The van der Waals surface area contributed by atoms with Crippen LogP contribution in [0.25, 0.3) is 0 Å². The first kappa shape index (κ1) is 13.7. The Balaban J connectivity index is 2.14. The van der Waals surface area contributed by atoms with Crippen molar-refractivity contribution in [1.82, 2.24) is 15.0 Å². The van der Waals surface area contributed by atoms with Crippen molar-refractivity contribution in [1.29, 1.82) is 0 Å². The molecule has 0 saturated carbocycles. The zero-order valence-electron chi connectivity index (χ0n) is 12.3. The summed E-state index contributed by atoms with van der Waals surface area (Å²) in [7, 11) is 2.08. The Morgan fingerprint density at radius 2 is 2.00 bits per heavy atom. The van der Waals surface area contributed by atoms with E-state index in [4.69, 9.17) is 4.52 Å². The van der Waals surface area contributed by atoms with E-state index in [1.807, 2.05) is 6.92 Å². The van der Waals surface area contributed by atoms with Crippen LogP contribution in [0.5, 0.6) is 0 Å². The Hall–Kier alpha value is -1.68. The quantitative estimate of drug-likeness (QED) is 0.845. The largest absolute Gasteiger partial charge is 0.340 e. The SMILES string of the molecule is Cc1ccc(C)c(C(C)N(C)Cc2noc(C)n2)c1. The fourth-order valence-electron chi connectivity index (χ4n) is 2.21. The maximum atomic E-state index is 5.01. The van der Waals surface area contributed by atoms with Crippen LogP contribution in [0.1, 0.15) is 41.4 Å². The molecule has 0 spiro atoms. The normalized spacial score (nSPS) is 12.9. The molecule has 1 unspecified atom stereocenters. The molecule has 2 rings (SSSR count). The lowest BCUT2D eigenvalue weighted by molar-refractivity contribution is 0.242. The summed E-state index contributed by atoms with van der Waals surface area (Å²) >= 11 is 0. The lowest BCUT2D eigenvalue weighted by atomic mass is 9.99. The summed E-state index contributed by atoms with van der Waals surface area (Å²) < 4.78 is 5.01. The van der Waals surface area contributed by atoms with Crippen molar-refractivity contribution in [3.63, 3.8) is 0 Å². The van der Waals surface area contributed by atoms with Gasteiger partial charge in [-0.05, 0) is 38.9 Å². The molecule has 0 bridgehead atoms. The van der Waals surface area contributed by atoms with Gasteiger partial charge in [0.2, 0.25) is 5.89 Å². The van der Waals surface area contributed by atoms with Crippen LogP contribution in [0.4, 0.5) is 0 Å². The second-order valence-corrected chi connectivity index (χ2v) is 5.18. The van der Waals surface area contributed by atoms with E-state index in [0.717, 1.165) is 5.82 Å². The predicted octanol–water partition coefficient (Wildman–Crippen LogP) is 3.19. The summed E-state index contributed by atoms with van der Waals surface area (Å²) in [5, 5.41) is 3.94. The van der Waals surface area contributed by atoms with Crippen LogP contribution < -0.4 is 0 Å². The molecule has 0 saturated heterocycles. The molecule has 0 radical (unpaired) electrons. The summed E-state index contributed by atoms with van der Waals surface area (Å²) in [5.74, 6) is 1.35. The molecular weight excluding hydrogens is 238 g/mol. The summed E-state index contributed by atoms with van der Waals surface area (Å²) in [6, 6.07) is 6.89. The average molecular weight is 259 g/mol. The zero-order valence-corrected chi connectivity index (χ0v) is 12.3. The monoisotopic (exact) mass is 259 g/mol. The number of hydrogen-bond acceptors (Lipinski definition) is 4. The van der Waals surface area contributed by atoms with Gasteiger partial charge < -0.3 is 4.52 Å². The highest BCUT2D eigenvalue weighted by molar-refractivity contribution is 5.32. The first-order valence-electron chi connectivity index (χ1n) is 6.54. The van der Waals surface area contributed by atoms with Crippen molar-refractivity contribution >= 4 is 0 Å². The topological polar surface area (TPSA) is 42.2 Å². The smallest absolute Gasteiger partial charge is 0.223 e. The molecule has 4 heteroatoms. The molecule has 4 nitrogen and oxygen atoms in total. The standard InChI is InChI=1S/C15H21N3O/c1-10-6-7-11(2)14(8-10)12(3)18(5)9-15-16-13(4)19-17-15/h6-8,12H,9H2,1-5H3. The number of aromatic nitrogens is 2. The first-order chi connectivity index (χ1) is 8.97. The van der Waals surface area contributed by atoms with Gasteiger partial charge in [-0.25, -0.2) is 0 Å². The van der Waals surface area contributed by atoms with E-state index < -0.39 is 0 Å². The minimum absolute atomic E-state index is 0.318. The van der Waals surface area contributed by atoms with Crippen molar-refractivity contribution in [2.45, 2.75) is 40.3 Å². The second-order valence-electron chi connectivity index (χ2n) is 5.18. The summed E-state index contributed by atoms with van der Waals surface area (Å²) in [6.45, 7) is 8.97. The van der Waals surface area contributed by atoms with Crippen LogP contribution in [0.2, 0.25) is 0 Å². The molecule has 0 N–H and O–H groups in total. The first-order valence-corrected chi connectivity index (χ1v) is 6.54. The molecule has 0 aliphatic heterocycles. The van der Waals surface area contributed by atoms with Gasteiger partial charge in [0.15, 0.2) is 5.82 Å². The average Bonchev–Trinajstić information content (AvgIpc) is 2.77. The zero-order chi connectivity index (χ0) is 14.0. The summed E-state index contributed by atoms with van der Waals surface area (Å²) in [6.07, 6.45) is 0. The molecule has 19 heavy (non-hydrogen) atoms. The number of nitrogens with zero attached hydrogens (tertiary/aromatic N) is 3. The van der Waals surface area contributed by atoms with Gasteiger partial charge in [-0.2, -0.15) is 4.98 Å². The fourth-order valence-corrected chi connectivity index (χ4v) is 2.21. The predicted molar refractivity (Wildman–Crippen MR) is 74.8 cm³/mol. The molecule has 1 aromatic heterocycles. The van der Waals surface area contributed by atoms with E-state index in [9.17, 15) is 0 Å². The van der Waals surface area contributed by atoms with Gasteiger partial charge in [0.25, 0.3) is 0 Å². The second kappa shape index (κ2) is 5.53. The highest BCUT2D eigenvalue weighted by atomic mass is 16.5.